The van der Waals surface area contributed by atoms with Crippen LogP contribution in [0.4, 0.5) is 0 Å². The zero-order valence-corrected chi connectivity index (χ0v) is 10.9. The van der Waals surface area contributed by atoms with Crippen LogP contribution in [0.1, 0.15) is 26.7 Å². The van der Waals surface area contributed by atoms with Gasteiger partial charge in [-0.2, -0.15) is 0 Å². The fraction of sp³-hybridized carbons (Fsp3) is 0.727. The Morgan fingerprint density at radius 1 is 1.28 bits per heavy atom. The number of carboxylic acid groups (broad SMARTS) is 1. The van der Waals surface area contributed by atoms with Crippen LogP contribution >= 0.6 is 0 Å². The van der Waals surface area contributed by atoms with Crippen LogP contribution in [-0.2, 0) is 14.4 Å². The third-order valence-corrected chi connectivity index (χ3v) is 2.55. The Morgan fingerprint density at radius 2 is 1.83 bits per heavy atom. The molecule has 0 aromatic rings. The Bertz CT molecular complexity index is 317. The SMILES string of the molecule is CNC(C(=O)NC(CCC(N)=O)C(=O)O)C(C)C. The molecule has 0 aliphatic rings. The highest BCUT2D eigenvalue weighted by molar-refractivity contribution is 5.87. The van der Waals surface area contributed by atoms with Gasteiger partial charge in [0.1, 0.15) is 6.04 Å². The molecule has 7 nitrogen and oxygen atoms in total. The van der Waals surface area contributed by atoms with Gasteiger partial charge >= 0.3 is 5.97 Å². The fourth-order valence-corrected chi connectivity index (χ4v) is 1.57. The molecule has 2 amide bonds. The molecule has 2 atom stereocenters. The first-order valence-corrected chi connectivity index (χ1v) is 5.78. The van der Waals surface area contributed by atoms with Crippen molar-refractivity contribution in [3.63, 3.8) is 0 Å². The molecule has 0 bridgehead atoms. The molecule has 104 valence electrons. The minimum atomic E-state index is -1.18. The third-order valence-electron chi connectivity index (χ3n) is 2.55. The molecule has 18 heavy (non-hydrogen) atoms. The summed E-state index contributed by atoms with van der Waals surface area (Å²) in [7, 11) is 1.63. The molecule has 0 saturated carbocycles. The van der Waals surface area contributed by atoms with Crippen molar-refractivity contribution >= 4 is 17.8 Å². The number of hydrogen-bond donors (Lipinski definition) is 4. The standard InChI is InChI=1S/C11H21N3O4/c1-6(2)9(13-3)10(16)14-7(11(17)18)4-5-8(12)15/h6-7,9,13H,4-5H2,1-3H3,(H2,12,15)(H,14,16)(H,17,18). The van der Waals surface area contributed by atoms with Crippen LogP contribution in [0, 0.1) is 5.92 Å². The Morgan fingerprint density at radius 3 is 2.17 bits per heavy atom. The number of nitrogens with one attached hydrogen (secondary N) is 2. The topological polar surface area (TPSA) is 122 Å². The second-order valence-electron chi connectivity index (χ2n) is 4.41. The zero-order chi connectivity index (χ0) is 14.3. The van der Waals surface area contributed by atoms with E-state index in [0.717, 1.165) is 0 Å². The number of carbonyl (C=O) groups is 3. The molecule has 2 unspecified atom stereocenters. The lowest BCUT2D eigenvalue weighted by atomic mass is 10.0. The lowest BCUT2D eigenvalue weighted by Gasteiger charge is -2.22. The van der Waals surface area contributed by atoms with Crippen molar-refractivity contribution in [1.82, 2.24) is 10.6 Å². The van der Waals surface area contributed by atoms with Gasteiger partial charge in [0.05, 0.1) is 6.04 Å². The van der Waals surface area contributed by atoms with E-state index in [1.807, 2.05) is 13.8 Å². The molecular formula is C11H21N3O4. The number of likely N-dealkylation sites (N-methyl/N-ethyl adjacent to an activating group) is 1. The van der Waals surface area contributed by atoms with E-state index in [4.69, 9.17) is 10.8 Å². The zero-order valence-electron chi connectivity index (χ0n) is 10.9. The highest BCUT2D eigenvalue weighted by Crippen LogP contribution is 2.03. The molecule has 0 spiro atoms. The number of carboxylic acids is 1. The summed E-state index contributed by atoms with van der Waals surface area (Å²) >= 11 is 0. The lowest BCUT2D eigenvalue weighted by Crippen LogP contribution is -2.51. The fourth-order valence-electron chi connectivity index (χ4n) is 1.57. The molecule has 7 heteroatoms. The van der Waals surface area contributed by atoms with Crippen molar-refractivity contribution < 1.29 is 19.5 Å². The molecule has 5 N–H and O–H groups in total. The molecule has 0 rings (SSSR count). The maximum Gasteiger partial charge on any atom is 0.326 e. The number of hydrogen-bond acceptors (Lipinski definition) is 4. The Hall–Kier alpha value is -1.63. The molecular weight excluding hydrogens is 238 g/mol. The lowest BCUT2D eigenvalue weighted by molar-refractivity contribution is -0.142. The number of carbonyl (C=O) groups excluding carboxylic acids is 2. The maximum absolute atomic E-state index is 11.8. The minimum Gasteiger partial charge on any atom is -0.480 e. The molecule has 0 aliphatic carbocycles. The van der Waals surface area contributed by atoms with E-state index in [9.17, 15) is 14.4 Å². The number of primary amides is 1. The third kappa shape index (κ3) is 5.62. The van der Waals surface area contributed by atoms with E-state index >= 15 is 0 Å². The van der Waals surface area contributed by atoms with Crippen molar-refractivity contribution in [1.29, 1.82) is 0 Å². The first kappa shape index (κ1) is 16.4. The van der Waals surface area contributed by atoms with Crippen LogP contribution in [0.3, 0.4) is 0 Å². The van der Waals surface area contributed by atoms with E-state index in [2.05, 4.69) is 10.6 Å². The van der Waals surface area contributed by atoms with Crippen LogP contribution in [0.25, 0.3) is 0 Å². The van der Waals surface area contributed by atoms with Crippen molar-refractivity contribution in [2.75, 3.05) is 7.05 Å². The average molecular weight is 259 g/mol. The first-order valence-electron chi connectivity index (χ1n) is 5.78. The Kier molecular flexibility index (Phi) is 6.96. The summed E-state index contributed by atoms with van der Waals surface area (Å²) in [5.74, 6) is -2.14. The molecule has 0 aromatic carbocycles. The van der Waals surface area contributed by atoms with Gasteiger partial charge in [-0.15, -0.1) is 0 Å². The number of amides is 2. The van der Waals surface area contributed by atoms with Crippen LogP contribution in [-0.4, -0.2) is 42.0 Å². The van der Waals surface area contributed by atoms with Crippen molar-refractivity contribution in [2.24, 2.45) is 11.7 Å². The van der Waals surface area contributed by atoms with E-state index in [1.165, 1.54) is 0 Å². The van der Waals surface area contributed by atoms with Gasteiger partial charge in [0.25, 0.3) is 0 Å². The Balaban J connectivity index is 4.53. The van der Waals surface area contributed by atoms with Gasteiger partial charge in [0, 0.05) is 6.42 Å². The summed E-state index contributed by atoms with van der Waals surface area (Å²) in [6.45, 7) is 3.69. The largest absolute Gasteiger partial charge is 0.480 e. The quantitative estimate of drug-likeness (QED) is 0.448. The van der Waals surface area contributed by atoms with Crippen molar-refractivity contribution in [3.05, 3.63) is 0 Å². The highest BCUT2D eigenvalue weighted by atomic mass is 16.4. The monoisotopic (exact) mass is 259 g/mol. The van der Waals surface area contributed by atoms with Gasteiger partial charge < -0.3 is 21.5 Å². The van der Waals surface area contributed by atoms with Gasteiger partial charge in [-0.05, 0) is 19.4 Å². The van der Waals surface area contributed by atoms with Crippen molar-refractivity contribution in [2.45, 2.75) is 38.8 Å². The van der Waals surface area contributed by atoms with Crippen LogP contribution in [0.2, 0.25) is 0 Å². The summed E-state index contributed by atoms with van der Waals surface area (Å²) in [6, 6.07) is -1.57. The van der Waals surface area contributed by atoms with Gasteiger partial charge in [-0.3, -0.25) is 9.59 Å². The van der Waals surface area contributed by atoms with Gasteiger partial charge in [0.2, 0.25) is 11.8 Å². The summed E-state index contributed by atoms with van der Waals surface area (Å²) < 4.78 is 0. The van der Waals surface area contributed by atoms with Crippen LogP contribution in [0.5, 0.6) is 0 Å². The number of aliphatic carboxylic acids is 1. The number of rotatable bonds is 8. The van der Waals surface area contributed by atoms with Crippen LogP contribution < -0.4 is 16.4 Å². The molecule has 0 aliphatic heterocycles. The molecule has 0 heterocycles. The summed E-state index contributed by atoms with van der Waals surface area (Å²) in [5.41, 5.74) is 4.95. The van der Waals surface area contributed by atoms with Gasteiger partial charge in [-0.1, -0.05) is 13.8 Å². The Labute approximate surface area is 106 Å². The van der Waals surface area contributed by atoms with E-state index < -0.39 is 29.9 Å². The van der Waals surface area contributed by atoms with E-state index in [-0.39, 0.29) is 18.8 Å². The molecule has 0 fully saturated rings. The highest BCUT2D eigenvalue weighted by Gasteiger charge is 2.26. The second kappa shape index (κ2) is 7.65. The summed E-state index contributed by atoms with van der Waals surface area (Å²) in [6.07, 6.45) is -0.0892. The van der Waals surface area contributed by atoms with Gasteiger partial charge in [-0.25, -0.2) is 4.79 Å². The normalized spacial score (nSPS) is 14.0. The van der Waals surface area contributed by atoms with E-state index in [1.54, 1.807) is 7.05 Å². The molecule has 0 saturated heterocycles. The van der Waals surface area contributed by atoms with Crippen molar-refractivity contribution in [3.8, 4) is 0 Å². The number of nitrogens with two attached hydrogens (primary N) is 1. The molecule has 0 aromatic heterocycles. The summed E-state index contributed by atoms with van der Waals surface area (Å²) in [5, 5.41) is 14.2. The van der Waals surface area contributed by atoms with Crippen LogP contribution in [0.15, 0.2) is 0 Å². The second-order valence-corrected chi connectivity index (χ2v) is 4.41. The smallest absolute Gasteiger partial charge is 0.326 e. The van der Waals surface area contributed by atoms with Gasteiger partial charge in [0.15, 0.2) is 0 Å². The summed E-state index contributed by atoms with van der Waals surface area (Å²) in [4.78, 5) is 33.4. The molecule has 0 radical (unpaired) electrons. The minimum absolute atomic E-state index is 0.00899. The van der Waals surface area contributed by atoms with E-state index in [0.29, 0.717) is 0 Å². The average Bonchev–Trinajstić information content (AvgIpc) is 2.23. The first-order chi connectivity index (χ1) is 8.29. The predicted molar refractivity (Wildman–Crippen MR) is 65.7 cm³/mol. The predicted octanol–water partition coefficient (Wildman–Crippen LogP) is -0.935. The maximum atomic E-state index is 11.8.